The van der Waals surface area contributed by atoms with Crippen molar-refractivity contribution in [1.82, 2.24) is 4.90 Å². The van der Waals surface area contributed by atoms with Gasteiger partial charge in [-0.15, -0.1) is 0 Å². The van der Waals surface area contributed by atoms with Crippen LogP contribution in [0, 0.1) is 0 Å². The van der Waals surface area contributed by atoms with E-state index in [1.54, 1.807) is 6.08 Å². The summed E-state index contributed by atoms with van der Waals surface area (Å²) in [6.07, 6.45) is 6.27. The minimum absolute atomic E-state index is 0.148. The van der Waals surface area contributed by atoms with Gasteiger partial charge < -0.3 is 11.5 Å². The fourth-order valence-corrected chi connectivity index (χ4v) is 2.97. The number of nitrogens with two attached hydrogens (primary N) is 2. The largest absolute Gasteiger partial charge is 0.399 e. The highest BCUT2D eigenvalue weighted by molar-refractivity contribution is 5.41. The molecule has 1 heterocycles. The monoisotopic (exact) mass is 299 g/mol. The van der Waals surface area contributed by atoms with Crippen molar-refractivity contribution < 1.29 is 4.39 Å². The molecule has 1 aliphatic carbocycles. The number of rotatable bonds is 4. The Hall–Kier alpha value is -1.91. The van der Waals surface area contributed by atoms with Crippen molar-refractivity contribution >= 4 is 5.69 Å². The Morgan fingerprint density at radius 2 is 1.86 bits per heavy atom. The fourth-order valence-electron chi connectivity index (χ4n) is 2.97. The van der Waals surface area contributed by atoms with E-state index in [-0.39, 0.29) is 5.83 Å². The lowest BCUT2D eigenvalue weighted by molar-refractivity contribution is 0.162. The molecule has 3 rings (SSSR count). The van der Waals surface area contributed by atoms with Crippen molar-refractivity contribution in [3.8, 4) is 0 Å². The molecule has 0 amide bonds. The zero-order valence-electron chi connectivity index (χ0n) is 12.6. The lowest BCUT2D eigenvalue weighted by Gasteiger charge is -2.40. The van der Waals surface area contributed by atoms with Crippen LogP contribution in [-0.4, -0.2) is 31.1 Å². The quantitative estimate of drug-likeness (QED) is 0.841. The minimum Gasteiger partial charge on any atom is -0.399 e. The molecule has 1 aromatic rings. The van der Waals surface area contributed by atoms with E-state index < -0.39 is 0 Å². The normalized spacial score (nSPS) is 19.8. The molecule has 4 heteroatoms. The molecule has 1 aromatic carbocycles. The third-order valence-electron chi connectivity index (χ3n) is 4.36. The molecule has 0 unspecified atom stereocenters. The zero-order valence-corrected chi connectivity index (χ0v) is 12.6. The Balaban J connectivity index is 1.56. The van der Waals surface area contributed by atoms with Gasteiger partial charge >= 0.3 is 0 Å². The molecule has 0 aromatic heterocycles. The van der Waals surface area contributed by atoms with Crippen LogP contribution in [0.25, 0.3) is 0 Å². The van der Waals surface area contributed by atoms with Crippen LogP contribution >= 0.6 is 0 Å². The fraction of sp³-hybridized carbons (Fsp3) is 0.333. The molecule has 1 aliphatic heterocycles. The molecule has 22 heavy (non-hydrogen) atoms. The molecule has 2 aliphatic rings. The lowest BCUT2D eigenvalue weighted by Crippen LogP contribution is -2.45. The van der Waals surface area contributed by atoms with Gasteiger partial charge in [0.2, 0.25) is 0 Å². The first-order chi connectivity index (χ1) is 10.7. The van der Waals surface area contributed by atoms with Crippen LogP contribution < -0.4 is 11.5 Å². The number of hydrogen-bond donors (Lipinski definition) is 2. The molecule has 0 bridgehead atoms. The summed E-state index contributed by atoms with van der Waals surface area (Å²) < 4.78 is 14.2. The predicted molar refractivity (Wildman–Crippen MR) is 89.1 cm³/mol. The van der Waals surface area contributed by atoms with Gasteiger partial charge in [0.25, 0.3) is 0 Å². The van der Waals surface area contributed by atoms with Crippen molar-refractivity contribution in [1.29, 1.82) is 0 Å². The maximum absolute atomic E-state index is 14.2. The summed E-state index contributed by atoms with van der Waals surface area (Å²) >= 11 is 0. The summed E-state index contributed by atoms with van der Waals surface area (Å²) in [4.78, 5) is 2.27. The summed E-state index contributed by atoms with van der Waals surface area (Å²) in [7, 11) is 0. The molecule has 3 nitrogen and oxygen atoms in total. The smallest absolute Gasteiger partial charge is 0.127 e. The van der Waals surface area contributed by atoms with Gasteiger partial charge in [0.05, 0.1) is 0 Å². The number of nitrogen functional groups attached to an aromatic ring is 1. The maximum atomic E-state index is 14.2. The van der Waals surface area contributed by atoms with Crippen LogP contribution in [0.15, 0.2) is 59.5 Å². The lowest BCUT2D eigenvalue weighted by atomic mass is 9.91. The Morgan fingerprint density at radius 3 is 2.55 bits per heavy atom. The van der Waals surface area contributed by atoms with Gasteiger partial charge in [-0.1, -0.05) is 24.3 Å². The molecule has 0 radical (unpaired) electrons. The summed E-state index contributed by atoms with van der Waals surface area (Å²) in [6, 6.07) is 8.04. The Kier molecular flexibility index (Phi) is 4.41. The van der Waals surface area contributed by atoms with Crippen LogP contribution in [0.2, 0.25) is 0 Å². The summed E-state index contributed by atoms with van der Waals surface area (Å²) in [5.74, 6) is 0.377. The Bertz CT molecular complexity index is 622. The van der Waals surface area contributed by atoms with Crippen molar-refractivity contribution in [2.75, 3.05) is 31.9 Å². The second kappa shape index (κ2) is 6.46. The molecule has 0 saturated carbocycles. The number of nitrogens with zero attached hydrogens (tertiary/aromatic N) is 1. The van der Waals surface area contributed by atoms with E-state index in [9.17, 15) is 4.39 Å². The number of anilines is 1. The van der Waals surface area contributed by atoms with E-state index >= 15 is 0 Å². The van der Waals surface area contributed by atoms with Crippen molar-refractivity contribution in [3.05, 3.63) is 65.0 Å². The average Bonchev–Trinajstić information content (AvgIpc) is 2.65. The molecular weight excluding hydrogens is 277 g/mol. The highest BCUT2D eigenvalue weighted by Gasteiger charge is 2.28. The first-order valence-electron chi connectivity index (χ1n) is 7.69. The molecule has 0 atom stereocenters. The maximum Gasteiger partial charge on any atom is 0.127 e. The van der Waals surface area contributed by atoms with Crippen LogP contribution in [0.4, 0.5) is 10.1 Å². The molecular formula is C18H22FN3. The van der Waals surface area contributed by atoms with Crippen LogP contribution in [-0.2, 0) is 0 Å². The zero-order chi connectivity index (χ0) is 15.5. The van der Waals surface area contributed by atoms with Gasteiger partial charge in [0, 0.05) is 37.8 Å². The average molecular weight is 299 g/mol. The van der Waals surface area contributed by atoms with Gasteiger partial charge in [-0.2, -0.15) is 0 Å². The second-order valence-electron chi connectivity index (χ2n) is 6.00. The van der Waals surface area contributed by atoms with Gasteiger partial charge in [0.15, 0.2) is 0 Å². The van der Waals surface area contributed by atoms with Crippen molar-refractivity contribution in [2.45, 2.75) is 12.3 Å². The van der Waals surface area contributed by atoms with Gasteiger partial charge in [-0.25, -0.2) is 4.39 Å². The first-order valence-corrected chi connectivity index (χ1v) is 7.69. The highest BCUT2D eigenvalue weighted by Crippen LogP contribution is 2.30. The second-order valence-corrected chi connectivity index (χ2v) is 6.00. The summed E-state index contributed by atoms with van der Waals surface area (Å²) in [6.45, 7) is 2.98. The number of benzene rings is 1. The van der Waals surface area contributed by atoms with Crippen LogP contribution in [0.1, 0.15) is 17.9 Å². The molecule has 116 valence electrons. The third kappa shape index (κ3) is 3.29. The molecule has 1 fully saturated rings. The van der Waals surface area contributed by atoms with Crippen molar-refractivity contribution in [2.24, 2.45) is 5.73 Å². The van der Waals surface area contributed by atoms with E-state index in [1.165, 1.54) is 5.56 Å². The van der Waals surface area contributed by atoms with E-state index in [0.717, 1.165) is 36.3 Å². The SMILES string of the molecule is NCC1=CCC=C(CN2CC(c3ccc(N)cc3)C2)C(F)=C1. The van der Waals surface area contributed by atoms with E-state index in [0.29, 0.717) is 19.0 Å². The van der Waals surface area contributed by atoms with E-state index in [1.807, 2.05) is 24.3 Å². The summed E-state index contributed by atoms with van der Waals surface area (Å²) in [5.41, 5.74) is 15.0. The molecule has 0 spiro atoms. The number of halogens is 1. The number of allylic oxidation sites excluding steroid dienone is 2. The Labute approximate surface area is 130 Å². The van der Waals surface area contributed by atoms with Crippen molar-refractivity contribution in [3.63, 3.8) is 0 Å². The topological polar surface area (TPSA) is 55.3 Å². The standard InChI is InChI=1S/C18H22FN3/c19-18-8-13(9-20)2-1-3-15(18)10-22-11-16(12-22)14-4-6-17(21)7-5-14/h2-8,16H,1,9-12,20-21H2. The molecule has 4 N–H and O–H groups in total. The number of likely N-dealkylation sites (tertiary alicyclic amines) is 1. The van der Waals surface area contributed by atoms with E-state index in [2.05, 4.69) is 17.0 Å². The predicted octanol–water partition coefficient (Wildman–Crippen LogP) is 2.74. The summed E-state index contributed by atoms with van der Waals surface area (Å²) in [5, 5.41) is 0. The van der Waals surface area contributed by atoms with Gasteiger partial charge in [-0.05, 0) is 41.3 Å². The van der Waals surface area contributed by atoms with Gasteiger partial charge in [-0.3, -0.25) is 4.90 Å². The first kappa shape index (κ1) is 15.0. The minimum atomic E-state index is -0.148. The van der Waals surface area contributed by atoms with Gasteiger partial charge in [0.1, 0.15) is 5.83 Å². The molecule has 1 saturated heterocycles. The highest BCUT2D eigenvalue weighted by atomic mass is 19.1. The third-order valence-corrected chi connectivity index (χ3v) is 4.36. The van der Waals surface area contributed by atoms with E-state index in [4.69, 9.17) is 11.5 Å². The van der Waals surface area contributed by atoms with Crippen LogP contribution in [0.3, 0.4) is 0 Å². The van der Waals surface area contributed by atoms with Crippen LogP contribution in [0.5, 0.6) is 0 Å². The number of hydrogen-bond acceptors (Lipinski definition) is 3. The Morgan fingerprint density at radius 1 is 1.14 bits per heavy atom.